The number of nitrogens with zero attached hydrogens (tertiary/aromatic N) is 1. The van der Waals surface area contributed by atoms with Crippen LogP contribution >= 0.6 is 0 Å². The Balaban J connectivity index is 0.000000561. The first-order chi connectivity index (χ1) is 5.72. The number of hydrazine groups is 1. The number of rotatable bonds is 1. The van der Waals surface area contributed by atoms with Crippen molar-refractivity contribution in [1.82, 2.24) is 0 Å². The van der Waals surface area contributed by atoms with Crippen molar-refractivity contribution in [3.8, 4) is 0 Å². The number of hydrogen-bond acceptors (Lipinski definition) is 5. The molecule has 1 aromatic rings. The summed E-state index contributed by atoms with van der Waals surface area (Å²) in [6, 6.07) is 6.10. The largest absolute Gasteiger partial charge is 0.393 e. The lowest BCUT2D eigenvalue weighted by Crippen LogP contribution is -2.02. The normalized spacial score (nSPS) is 8.17. The quantitative estimate of drug-likeness (QED) is 0.237. The molecule has 0 aliphatic heterocycles. The Labute approximate surface area is 69.1 Å². The lowest BCUT2D eigenvalue weighted by Gasteiger charge is -1.92. The molecule has 0 bridgehead atoms. The monoisotopic (exact) mass is 170 g/mol. The molecule has 0 radical (unpaired) electrons. The maximum atomic E-state index is 10.1. The molecule has 0 atom stereocenters. The minimum Gasteiger partial charge on any atom is -0.393 e. The van der Waals surface area contributed by atoms with Gasteiger partial charge in [0.1, 0.15) is 5.69 Å². The number of nitrogen functional groups attached to an aromatic ring is 1. The first kappa shape index (κ1) is 10.3. The fourth-order valence-corrected chi connectivity index (χ4v) is 0.654. The van der Waals surface area contributed by atoms with Crippen molar-refractivity contribution >= 4 is 11.4 Å². The van der Waals surface area contributed by atoms with Crippen molar-refractivity contribution in [3.63, 3.8) is 0 Å². The van der Waals surface area contributed by atoms with Gasteiger partial charge in [-0.2, -0.15) is 0 Å². The summed E-state index contributed by atoms with van der Waals surface area (Å²) < 4.78 is 0. The number of nitro benzene ring substituents is 1. The molecular formula is C6H10N4O2. The van der Waals surface area contributed by atoms with Crippen molar-refractivity contribution in [1.29, 1.82) is 0 Å². The van der Waals surface area contributed by atoms with E-state index < -0.39 is 4.92 Å². The van der Waals surface area contributed by atoms with Gasteiger partial charge in [0.2, 0.25) is 0 Å². The lowest BCUT2D eigenvalue weighted by molar-refractivity contribution is -0.383. The van der Waals surface area contributed by atoms with Crippen molar-refractivity contribution < 1.29 is 4.92 Å². The van der Waals surface area contributed by atoms with Gasteiger partial charge in [0.25, 0.3) is 5.69 Å². The summed E-state index contributed by atoms with van der Waals surface area (Å²) in [6.45, 7) is 0. The Hall–Kier alpha value is -1.66. The Morgan fingerprint density at radius 1 is 1.25 bits per heavy atom. The summed E-state index contributed by atoms with van der Waals surface area (Å²) in [4.78, 5) is 9.64. The number of anilines is 1. The summed E-state index contributed by atoms with van der Waals surface area (Å²) in [7, 11) is 0. The zero-order valence-electron chi connectivity index (χ0n) is 6.31. The molecule has 0 saturated heterocycles. The third-order valence-corrected chi connectivity index (χ3v) is 1.13. The molecule has 0 unspecified atom stereocenters. The second-order valence-corrected chi connectivity index (χ2v) is 1.82. The van der Waals surface area contributed by atoms with E-state index in [0.29, 0.717) is 0 Å². The maximum Gasteiger partial charge on any atom is 0.292 e. The summed E-state index contributed by atoms with van der Waals surface area (Å²) in [5.74, 6) is 8.00. The predicted molar refractivity (Wildman–Crippen MR) is 45.9 cm³/mol. The number of benzene rings is 1. The van der Waals surface area contributed by atoms with Crippen LogP contribution in [0.5, 0.6) is 0 Å². The van der Waals surface area contributed by atoms with Crippen LogP contribution in [0.1, 0.15) is 0 Å². The number of para-hydroxylation sites is 2. The van der Waals surface area contributed by atoms with E-state index in [-0.39, 0.29) is 11.4 Å². The van der Waals surface area contributed by atoms with Gasteiger partial charge in [-0.05, 0) is 6.07 Å². The van der Waals surface area contributed by atoms with E-state index >= 15 is 0 Å². The van der Waals surface area contributed by atoms with Crippen LogP contribution in [0.3, 0.4) is 0 Å². The molecule has 0 spiro atoms. The summed E-state index contributed by atoms with van der Waals surface area (Å²) in [5, 5.41) is 10.1. The molecule has 1 rings (SSSR count). The molecule has 6 N–H and O–H groups in total. The van der Waals surface area contributed by atoms with Crippen LogP contribution in [-0.4, -0.2) is 4.92 Å². The standard InChI is InChI=1S/C6H6N2O2.H4N2/c7-5-3-1-2-4-6(5)8(9)10;1-2/h1-4H,7H2;1-2H2. The highest BCUT2D eigenvalue weighted by atomic mass is 16.6. The lowest BCUT2D eigenvalue weighted by atomic mass is 10.3. The van der Waals surface area contributed by atoms with Gasteiger partial charge < -0.3 is 5.73 Å². The second kappa shape index (κ2) is 5.05. The van der Waals surface area contributed by atoms with Crippen LogP contribution in [0.2, 0.25) is 0 Å². The molecule has 6 heteroatoms. The van der Waals surface area contributed by atoms with Crippen LogP contribution in [0.4, 0.5) is 11.4 Å². The van der Waals surface area contributed by atoms with Gasteiger partial charge in [-0.3, -0.25) is 21.8 Å². The Bertz CT molecular complexity index is 263. The van der Waals surface area contributed by atoms with E-state index in [1.807, 2.05) is 0 Å². The molecule has 66 valence electrons. The highest BCUT2D eigenvalue weighted by molar-refractivity contribution is 5.57. The Kier molecular flexibility index (Phi) is 4.35. The Morgan fingerprint density at radius 2 is 1.75 bits per heavy atom. The molecule has 0 aliphatic rings. The summed E-state index contributed by atoms with van der Waals surface area (Å²) in [5.41, 5.74) is 5.44. The van der Waals surface area contributed by atoms with Crippen LogP contribution in [-0.2, 0) is 0 Å². The van der Waals surface area contributed by atoms with Crippen LogP contribution in [0, 0.1) is 10.1 Å². The van der Waals surface area contributed by atoms with E-state index in [1.54, 1.807) is 12.1 Å². The van der Waals surface area contributed by atoms with Crippen molar-refractivity contribution in [2.45, 2.75) is 0 Å². The van der Waals surface area contributed by atoms with Gasteiger partial charge in [-0.1, -0.05) is 12.1 Å². The third-order valence-electron chi connectivity index (χ3n) is 1.13. The molecular weight excluding hydrogens is 160 g/mol. The zero-order valence-corrected chi connectivity index (χ0v) is 6.31. The SMILES string of the molecule is NN.Nc1ccccc1[N+](=O)[O-]. The van der Waals surface area contributed by atoms with Gasteiger partial charge in [-0.25, -0.2) is 0 Å². The molecule has 0 saturated carbocycles. The van der Waals surface area contributed by atoms with Gasteiger partial charge in [0, 0.05) is 6.07 Å². The minimum absolute atomic E-state index is 0.0394. The first-order valence-corrected chi connectivity index (χ1v) is 3.04. The van der Waals surface area contributed by atoms with E-state index in [4.69, 9.17) is 5.73 Å². The van der Waals surface area contributed by atoms with Gasteiger partial charge in [0.15, 0.2) is 0 Å². The fraction of sp³-hybridized carbons (Fsp3) is 0. The second-order valence-electron chi connectivity index (χ2n) is 1.82. The van der Waals surface area contributed by atoms with Crippen molar-refractivity contribution in [3.05, 3.63) is 34.4 Å². The van der Waals surface area contributed by atoms with E-state index in [2.05, 4.69) is 11.7 Å². The third kappa shape index (κ3) is 2.52. The van der Waals surface area contributed by atoms with Gasteiger partial charge in [-0.15, -0.1) is 0 Å². The predicted octanol–water partition coefficient (Wildman–Crippen LogP) is -0.00420. The molecule has 12 heavy (non-hydrogen) atoms. The number of hydrogen-bond donors (Lipinski definition) is 3. The smallest absolute Gasteiger partial charge is 0.292 e. The van der Waals surface area contributed by atoms with Crippen molar-refractivity contribution in [2.75, 3.05) is 5.73 Å². The summed E-state index contributed by atoms with van der Waals surface area (Å²) >= 11 is 0. The average Bonchev–Trinajstić information content (AvgIpc) is 2.08. The van der Waals surface area contributed by atoms with Crippen LogP contribution in [0.25, 0.3) is 0 Å². The molecule has 1 aromatic carbocycles. The summed E-state index contributed by atoms with van der Waals surface area (Å²) in [6.07, 6.45) is 0. The minimum atomic E-state index is -0.505. The zero-order chi connectivity index (χ0) is 9.56. The molecule has 0 aliphatic carbocycles. The van der Waals surface area contributed by atoms with Crippen LogP contribution < -0.4 is 17.4 Å². The highest BCUT2D eigenvalue weighted by Gasteiger charge is 2.07. The highest BCUT2D eigenvalue weighted by Crippen LogP contribution is 2.18. The number of nitrogens with two attached hydrogens (primary N) is 3. The van der Waals surface area contributed by atoms with Gasteiger partial charge >= 0.3 is 0 Å². The fourth-order valence-electron chi connectivity index (χ4n) is 0.654. The molecule has 6 nitrogen and oxygen atoms in total. The van der Waals surface area contributed by atoms with Crippen molar-refractivity contribution in [2.24, 2.45) is 11.7 Å². The van der Waals surface area contributed by atoms with E-state index in [1.165, 1.54) is 12.1 Å². The van der Waals surface area contributed by atoms with E-state index in [0.717, 1.165) is 0 Å². The molecule has 0 heterocycles. The Morgan fingerprint density at radius 3 is 2.08 bits per heavy atom. The average molecular weight is 170 g/mol. The molecule has 0 amide bonds. The van der Waals surface area contributed by atoms with Gasteiger partial charge in [0.05, 0.1) is 4.92 Å². The maximum absolute atomic E-state index is 10.1. The van der Waals surface area contributed by atoms with E-state index in [9.17, 15) is 10.1 Å². The molecule has 0 aromatic heterocycles. The van der Waals surface area contributed by atoms with Crippen LogP contribution in [0.15, 0.2) is 24.3 Å². The number of nitro groups is 1. The topological polar surface area (TPSA) is 121 Å². The first-order valence-electron chi connectivity index (χ1n) is 3.04. The molecule has 0 fully saturated rings.